The van der Waals surface area contributed by atoms with E-state index in [0.29, 0.717) is 22.3 Å². The third kappa shape index (κ3) is 5.51. The second kappa shape index (κ2) is 12.6. The molecule has 0 saturated heterocycles. The lowest BCUT2D eigenvalue weighted by molar-refractivity contribution is 0.0525. The molecule has 0 bridgehead atoms. The van der Waals surface area contributed by atoms with E-state index in [4.69, 9.17) is 18.6 Å². The minimum absolute atomic E-state index is 0.223. The normalized spacial score (nSPS) is 13.6. The Balaban J connectivity index is 1.65. The molecule has 0 fully saturated rings. The fraction of sp³-hybridized carbons (Fsp3) is 0.154. The van der Waals surface area contributed by atoms with Gasteiger partial charge in [-0.15, -0.1) is 0 Å². The lowest BCUT2D eigenvalue weighted by Gasteiger charge is -2.13. The molecule has 0 N–H and O–H groups in total. The van der Waals surface area contributed by atoms with E-state index in [-0.39, 0.29) is 13.2 Å². The van der Waals surface area contributed by atoms with E-state index in [1.807, 2.05) is 48.5 Å². The number of rotatable bonds is 7. The Morgan fingerprint density at radius 1 is 0.644 bits per heavy atom. The van der Waals surface area contributed by atoms with Crippen molar-refractivity contribution in [2.75, 3.05) is 27.4 Å². The number of esters is 2. The number of hydrogen-bond acceptors (Lipinski definition) is 5. The average molecular weight is 598 g/mol. The van der Waals surface area contributed by atoms with Gasteiger partial charge in [-0.1, -0.05) is 60.7 Å². The summed E-state index contributed by atoms with van der Waals surface area (Å²) in [5.41, 5.74) is 10.9. The summed E-state index contributed by atoms with van der Waals surface area (Å²) in [6.07, 6.45) is 4.24. The third-order valence-electron chi connectivity index (χ3n) is 8.05. The van der Waals surface area contributed by atoms with Gasteiger partial charge in [0.2, 0.25) is 0 Å². The van der Waals surface area contributed by atoms with Crippen LogP contribution >= 0.6 is 0 Å². The number of carbonyl (C=O) groups is 2. The van der Waals surface area contributed by atoms with E-state index in [2.05, 4.69) is 48.6 Å². The highest BCUT2D eigenvalue weighted by Crippen LogP contribution is 2.44. The van der Waals surface area contributed by atoms with Crippen molar-refractivity contribution in [3.8, 4) is 28.0 Å². The largest absolute Gasteiger partial charge is 0.497 e. The first kappa shape index (κ1) is 29.6. The van der Waals surface area contributed by atoms with Crippen LogP contribution in [0.2, 0.25) is 0 Å². The Morgan fingerprint density at radius 2 is 1.24 bits per heavy atom. The molecule has 45 heavy (non-hydrogen) atoms. The number of allylic oxidation sites excluding steroid dienone is 2. The molecule has 0 unspecified atom stereocenters. The average Bonchev–Trinajstić information content (AvgIpc) is 3.57. The first-order chi connectivity index (χ1) is 22.0. The van der Waals surface area contributed by atoms with E-state index in [1.165, 1.54) is 0 Å². The SMILES string of the molecule is CCOC(=O)c1cc(C(=O)OCC)c2ccc(/C(=C3/C=Cc4ccc(=[O+]C)ccc43)c3ccc4ccc(OC)ccc3-4)ccc1-2. The number of hydrogen-bond donors (Lipinski definition) is 0. The van der Waals surface area contributed by atoms with Crippen LogP contribution in [-0.2, 0) is 9.47 Å². The molecule has 5 aliphatic carbocycles. The quantitative estimate of drug-likeness (QED) is 0.142. The lowest BCUT2D eigenvalue weighted by atomic mass is 9.90. The molecular weight excluding hydrogens is 564 g/mol. The van der Waals surface area contributed by atoms with E-state index < -0.39 is 11.9 Å². The summed E-state index contributed by atoms with van der Waals surface area (Å²) in [5, 5.41) is 0. The summed E-state index contributed by atoms with van der Waals surface area (Å²) in [6.45, 7) is 3.96. The number of methoxy groups -OCH3 is 1. The van der Waals surface area contributed by atoms with Crippen molar-refractivity contribution in [3.63, 3.8) is 0 Å². The standard InChI is InChI=1S/C39H33O6/c1-5-44-38(40)35-23-36(39(41)45-6-2)32-18-12-26(11-17-31(32)35)37(33-19-9-24-7-13-27(42-3)15-21-29(24)33)34-20-10-25-8-14-28(43-4)16-22-30(25)34/h7-23H,5-6H2,1-4H3/q+1/b37-33+. The molecule has 0 amide bonds. The van der Waals surface area contributed by atoms with Gasteiger partial charge in [-0.2, -0.15) is 0 Å². The molecule has 0 spiro atoms. The maximum Gasteiger partial charge on any atom is 0.343 e. The molecule has 0 heterocycles. The van der Waals surface area contributed by atoms with E-state index >= 15 is 0 Å². The van der Waals surface area contributed by atoms with Gasteiger partial charge in [0.15, 0.2) is 0 Å². The van der Waals surface area contributed by atoms with Crippen LogP contribution in [0, 0.1) is 0 Å². The molecule has 0 saturated carbocycles. The molecule has 6 rings (SSSR count). The van der Waals surface area contributed by atoms with Crippen LogP contribution in [-0.4, -0.2) is 39.4 Å². The van der Waals surface area contributed by atoms with Crippen molar-refractivity contribution >= 4 is 29.2 Å². The van der Waals surface area contributed by atoms with Gasteiger partial charge < -0.3 is 14.2 Å². The Morgan fingerprint density at radius 3 is 1.89 bits per heavy atom. The van der Waals surface area contributed by atoms with Gasteiger partial charge in [-0.3, -0.25) is 4.42 Å². The molecule has 0 radical (unpaired) electrons. The number of ether oxygens (including phenoxy) is 3. The van der Waals surface area contributed by atoms with Crippen LogP contribution in [0.1, 0.15) is 56.8 Å². The predicted octanol–water partition coefficient (Wildman–Crippen LogP) is 7.77. The molecule has 6 heteroatoms. The van der Waals surface area contributed by atoms with Crippen molar-refractivity contribution in [2.45, 2.75) is 13.8 Å². The second-order valence-corrected chi connectivity index (χ2v) is 10.5. The maximum absolute atomic E-state index is 13.0. The summed E-state index contributed by atoms with van der Waals surface area (Å²) in [5.74, 6) is -0.205. The summed E-state index contributed by atoms with van der Waals surface area (Å²) in [6, 6.07) is 29.7. The zero-order valence-electron chi connectivity index (χ0n) is 25.7. The van der Waals surface area contributed by atoms with Crippen LogP contribution in [0.3, 0.4) is 0 Å². The van der Waals surface area contributed by atoms with Crippen molar-refractivity contribution in [3.05, 3.63) is 140 Å². The number of fused-ring (bicyclic) bond motifs is 3. The van der Waals surface area contributed by atoms with Crippen LogP contribution in [0.4, 0.5) is 0 Å². The fourth-order valence-corrected chi connectivity index (χ4v) is 5.90. The van der Waals surface area contributed by atoms with Gasteiger partial charge in [0.1, 0.15) is 5.75 Å². The van der Waals surface area contributed by atoms with Gasteiger partial charge in [0.25, 0.3) is 7.11 Å². The Kier molecular flexibility index (Phi) is 8.30. The number of carbonyl (C=O) groups excluding carboxylic acids is 2. The van der Waals surface area contributed by atoms with Crippen LogP contribution < -0.4 is 10.2 Å². The summed E-state index contributed by atoms with van der Waals surface area (Å²) in [4.78, 5) is 26.0. The van der Waals surface area contributed by atoms with Crippen LogP contribution in [0.25, 0.3) is 39.5 Å². The van der Waals surface area contributed by atoms with Gasteiger partial charge in [0, 0.05) is 12.1 Å². The van der Waals surface area contributed by atoms with Crippen molar-refractivity contribution in [1.82, 2.24) is 0 Å². The first-order valence-corrected chi connectivity index (χ1v) is 14.9. The van der Waals surface area contributed by atoms with E-state index in [1.54, 1.807) is 34.1 Å². The highest BCUT2D eigenvalue weighted by Gasteiger charge is 2.27. The van der Waals surface area contributed by atoms with Crippen LogP contribution in [0.5, 0.6) is 5.75 Å². The molecule has 0 atom stereocenters. The maximum atomic E-state index is 13.0. The lowest BCUT2D eigenvalue weighted by Crippen LogP contribution is -2.05. The van der Waals surface area contributed by atoms with Gasteiger partial charge >= 0.3 is 17.4 Å². The smallest absolute Gasteiger partial charge is 0.343 e. The molecule has 5 aliphatic rings. The molecule has 6 nitrogen and oxygen atoms in total. The minimum atomic E-state index is -0.484. The molecule has 224 valence electrons. The van der Waals surface area contributed by atoms with Crippen LogP contribution in [0.15, 0.2) is 101 Å². The Hall–Kier alpha value is -5.49. The molecule has 1 aromatic carbocycles. The van der Waals surface area contributed by atoms with Gasteiger partial charge in [-0.05, 0) is 99.8 Å². The van der Waals surface area contributed by atoms with Crippen molar-refractivity contribution in [1.29, 1.82) is 0 Å². The van der Waals surface area contributed by atoms with Crippen molar-refractivity contribution in [2.24, 2.45) is 0 Å². The zero-order chi connectivity index (χ0) is 31.5. The molecular formula is C39H33O6+. The van der Waals surface area contributed by atoms with Gasteiger partial charge in [-0.25, -0.2) is 9.59 Å². The molecule has 0 aliphatic heterocycles. The highest BCUT2D eigenvalue weighted by atomic mass is 16.5. The third-order valence-corrected chi connectivity index (χ3v) is 8.05. The Bertz CT molecular complexity index is 1960. The van der Waals surface area contributed by atoms with E-state index in [0.717, 1.165) is 55.7 Å². The van der Waals surface area contributed by atoms with E-state index in [9.17, 15) is 9.59 Å². The zero-order valence-corrected chi connectivity index (χ0v) is 25.7. The highest BCUT2D eigenvalue weighted by molar-refractivity contribution is 6.11. The summed E-state index contributed by atoms with van der Waals surface area (Å²) in [7, 11) is 3.32. The molecule has 0 aromatic heterocycles. The predicted molar refractivity (Wildman–Crippen MR) is 178 cm³/mol. The monoisotopic (exact) mass is 597 g/mol. The first-order valence-electron chi connectivity index (χ1n) is 14.9. The fourth-order valence-electron chi connectivity index (χ4n) is 5.90. The summed E-state index contributed by atoms with van der Waals surface area (Å²) >= 11 is 0. The topological polar surface area (TPSA) is 73.1 Å². The second-order valence-electron chi connectivity index (χ2n) is 10.5. The Labute approximate surface area is 262 Å². The molecule has 1 aromatic rings. The summed E-state index contributed by atoms with van der Waals surface area (Å²) < 4.78 is 21.7. The minimum Gasteiger partial charge on any atom is -0.497 e. The van der Waals surface area contributed by atoms with Gasteiger partial charge in [0.05, 0.1) is 31.5 Å². The van der Waals surface area contributed by atoms with Crippen molar-refractivity contribution < 1.29 is 23.8 Å².